The van der Waals surface area contributed by atoms with Gasteiger partial charge in [-0.05, 0) is 37.5 Å². The molecule has 0 aromatic heterocycles. The van der Waals surface area contributed by atoms with Gasteiger partial charge in [-0.2, -0.15) is 0 Å². The van der Waals surface area contributed by atoms with Crippen molar-refractivity contribution in [3.05, 3.63) is 29.3 Å². The van der Waals surface area contributed by atoms with Gasteiger partial charge in [-0.15, -0.1) is 0 Å². The quantitative estimate of drug-likeness (QED) is 0.879. The van der Waals surface area contributed by atoms with Gasteiger partial charge in [0.25, 0.3) is 0 Å². The average Bonchev–Trinajstić information content (AvgIpc) is 2.64. The van der Waals surface area contributed by atoms with Crippen molar-refractivity contribution in [1.29, 1.82) is 0 Å². The lowest BCUT2D eigenvalue weighted by molar-refractivity contribution is 0.159. The zero-order valence-corrected chi connectivity index (χ0v) is 10.7. The Labute approximate surface area is 106 Å². The standard InChI is InChI=1S/C11H14ClNO3S/c12-8-3-1-4-9(7-8)17(15,16)13-10-5-2-6-11(10)14/h1,3-4,7,10-11,13-14H,2,5-6H2/t10-,11+/m1/s1. The summed E-state index contributed by atoms with van der Waals surface area (Å²) in [5, 5.41) is 9.98. The summed E-state index contributed by atoms with van der Waals surface area (Å²) in [7, 11) is -3.59. The number of nitrogens with one attached hydrogen (secondary N) is 1. The van der Waals surface area contributed by atoms with E-state index in [0.29, 0.717) is 17.9 Å². The number of sulfonamides is 1. The Hall–Kier alpha value is -0.620. The van der Waals surface area contributed by atoms with Crippen LogP contribution in [0.2, 0.25) is 5.02 Å². The molecule has 17 heavy (non-hydrogen) atoms. The molecular weight excluding hydrogens is 262 g/mol. The topological polar surface area (TPSA) is 66.4 Å². The van der Waals surface area contributed by atoms with Crippen molar-refractivity contribution in [2.45, 2.75) is 36.3 Å². The lowest BCUT2D eigenvalue weighted by atomic mass is 10.2. The highest BCUT2D eigenvalue weighted by Crippen LogP contribution is 2.22. The SMILES string of the molecule is O=S(=O)(N[C@@H]1CCC[C@@H]1O)c1cccc(Cl)c1. The Morgan fingerprint density at radius 3 is 2.71 bits per heavy atom. The van der Waals surface area contributed by atoms with E-state index in [2.05, 4.69) is 4.72 Å². The molecule has 2 N–H and O–H groups in total. The van der Waals surface area contributed by atoms with Gasteiger partial charge in [0, 0.05) is 11.1 Å². The highest BCUT2D eigenvalue weighted by molar-refractivity contribution is 7.89. The molecule has 0 heterocycles. The Kier molecular flexibility index (Phi) is 3.73. The summed E-state index contributed by atoms with van der Waals surface area (Å²) in [6, 6.07) is 5.69. The van der Waals surface area contributed by atoms with Crippen molar-refractivity contribution in [2.24, 2.45) is 0 Å². The van der Waals surface area contributed by atoms with Crippen LogP contribution in [0.1, 0.15) is 19.3 Å². The first-order chi connectivity index (χ1) is 7.99. The van der Waals surface area contributed by atoms with Crippen LogP contribution in [-0.4, -0.2) is 25.7 Å². The molecule has 1 saturated carbocycles. The summed E-state index contributed by atoms with van der Waals surface area (Å²) < 4.78 is 26.5. The van der Waals surface area contributed by atoms with Crippen molar-refractivity contribution >= 4 is 21.6 Å². The van der Waals surface area contributed by atoms with Crippen LogP contribution in [0, 0.1) is 0 Å². The number of hydrogen-bond donors (Lipinski definition) is 2. The van der Waals surface area contributed by atoms with Crippen molar-refractivity contribution in [3.63, 3.8) is 0 Å². The smallest absolute Gasteiger partial charge is 0.240 e. The van der Waals surface area contributed by atoms with Gasteiger partial charge < -0.3 is 5.11 Å². The maximum absolute atomic E-state index is 12.0. The summed E-state index contributed by atoms with van der Waals surface area (Å²) in [6.45, 7) is 0. The summed E-state index contributed by atoms with van der Waals surface area (Å²) in [5.74, 6) is 0. The first-order valence-electron chi connectivity index (χ1n) is 5.45. The molecule has 0 saturated heterocycles. The molecule has 0 unspecified atom stereocenters. The normalized spacial score (nSPS) is 25.1. The number of aliphatic hydroxyl groups is 1. The lowest BCUT2D eigenvalue weighted by Gasteiger charge is -2.16. The summed E-state index contributed by atoms with van der Waals surface area (Å²) >= 11 is 5.75. The third kappa shape index (κ3) is 2.98. The van der Waals surface area contributed by atoms with Crippen LogP contribution in [-0.2, 0) is 10.0 Å². The monoisotopic (exact) mass is 275 g/mol. The van der Waals surface area contributed by atoms with Gasteiger partial charge in [0.1, 0.15) is 0 Å². The number of rotatable bonds is 3. The lowest BCUT2D eigenvalue weighted by Crippen LogP contribution is -2.39. The maximum Gasteiger partial charge on any atom is 0.240 e. The van der Waals surface area contributed by atoms with Gasteiger partial charge in [-0.1, -0.05) is 17.7 Å². The Bertz CT molecular complexity index is 503. The van der Waals surface area contributed by atoms with Gasteiger partial charge in [0.15, 0.2) is 0 Å². The maximum atomic E-state index is 12.0. The second kappa shape index (κ2) is 4.94. The molecular formula is C11H14ClNO3S. The molecule has 0 aliphatic heterocycles. The van der Waals surface area contributed by atoms with Gasteiger partial charge in [0.2, 0.25) is 10.0 Å². The predicted molar refractivity (Wildman–Crippen MR) is 65.4 cm³/mol. The van der Waals surface area contributed by atoms with E-state index in [0.717, 1.165) is 6.42 Å². The highest BCUT2D eigenvalue weighted by atomic mass is 35.5. The van der Waals surface area contributed by atoms with Gasteiger partial charge in [-0.25, -0.2) is 13.1 Å². The van der Waals surface area contributed by atoms with E-state index in [-0.39, 0.29) is 10.9 Å². The first kappa shape index (κ1) is 12.8. The zero-order valence-electron chi connectivity index (χ0n) is 9.14. The Balaban J connectivity index is 2.19. The fourth-order valence-corrected chi connectivity index (χ4v) is 3.58. The molecule has 1 aromatic rings. The Morgan fingerprint density at radius 2 is 2.12 bits per heavy atom. The van der Waals surface area contributed by atoms with Crippen molar-refractivity contribution < 1.29 is 13.5 Å². The number of hydrogen-bond acceptors (Lipinski definition) is 3. The minimum absolute atomic E-state index is 0.129. The number of benzene rings is 1. The van der Waals surface area contributed by atoms with E-state index in [9.17, 15) is 13.5 Å². The van der Waals surface area contributed by atoms with Gasteiger partial charge >= 0.3 is 0 Å². The van der Waals surface area contributed by atoms with Crippen LogP contribution < -0.4 is 4.72 Å². The molecule has 1 aliphatic rings. The second-order valence-electron chi connectivity index (χ2n) is 4.18. The molecule has 0 amide bonds. The van der Waals surface area contributed by atoms with E-state index >= 15 is 0 Å². The van der Waals surface area contributed by atoms with E-state index < -0.39 is 16.1 Å². The molecule has 1 aromatic carbocycles. The third-order valence-corrected chi connectivity index (χ3v) is 4.62. The van der Waals surface area contributed by atoms with E-state index in [1.165, 1.54) is 12.1 Å². The predicted octanol–water partition coefficient (Wildman–Crippen LogP) is 1.53. The van der Waals surface area contributed by atoms with Crippen molar-refractivity contribution in [3.8, 4) is 0 Å². The molecule has 2 atom stereocenters. The largest absolute Gasteiger partial charge is 0.391 e. The van der Waals surface area contributed by atoms with Crippen LogP contribution >= 0.6 is 11.6 Å². The van der Waals surface area contributed by atoms with E-state index in [1.54, 1.807) is 12.1 Å². The van der Waals surface area contributed by atoms with E-state index in [1.807, 2.05) is 0 Å². The minimum Gasteiger partial charge on any atom is -0.391 e. The van der Waals surface area contributed by atoms with Gasteiger partial charge in [-0.3, -0.25) is 0 Å². The van der Waals surface area contributed by atoms with Crippen molar-refractivity contribution in [1.82, 2.24) is 4.72 Å². The molecule has 4 nitrogen and oxygen atoms in total. The van der Waals surface area contributed by atoms with Crippen LogP contribution in [0.5, 0.6) is 0 Å². The van der Waals surface area contributed by atoms with Crippen molar-refractivity contribution in [2.75, 3.05) is 0 Å². The molecule has 2 rings (SSSR count). The number of halogens is 1. The third-order valence-electron chi connectivity index (χ3n) is 2.89. The van der Waals surface area contributed by atoms with Crippen LogP contribution in [0.3, 0.4) is 0 Å². The van der Waals surface area contributed by atoms with Crippen LogP contribution in [0.4, 0.5) is 0 Å². The van der Waals surface area contributed by atoms with Crippen LogP contribution in [0.25, 0.3) is 0 Å². The number of aliphatic hydroxyl groups excluding tert-OH is 1. The second-order valence-corrected chi connectivity index (χ2v) is 6.33. The van der Waals surface area contributed by atoms with Crippen LogP contribution in [0.15, 0.2) is 29.2 Å². The van der Waals surface area contributed by atoms with E-state index in [4.69, 9.17) is 11.6 Å². The average molecular weight is 276 g/mol. The molecule has 94 valence electrons. The zero-order chi connectivity index (χ0) is 12.5. The molecule has 0 spiro atoms. The minimum atomic E-state index is -3.59. The molecule has 0 radical (unpaired) electrons. The van der Waals surface area contributed by atoms with Gasteiger partial charge in [0.05, 0.1) is 11.0 Å². The summed E-state index contributed by atoms with van der Waals surface area (Å²) in [6.07, 6.45) is 1.55. The molecule has 1 fully saturated rings. The highest BCUT2D eigenvalue weighted by Gasteiger charge is 2.29. The molecule has 0 bridgehead atoms. The molecule has 6 heteroatoms. The summed E-state index contributed by atoms with van der Waals surface area (Å²) in [5.41, 5.74) is 0. The summed E-state index contributed by atoms with van der Waals surface area (Å²) in [4.78, 5) is 0.129. The molecule has 1 aliphatic carbocycles. The fourth-order valence-electron chi connectivity index (χ4n) is 1.98. The first-order valence-corrected chi connectivity index (χ1v) is 7.31. The fraction of sp³-hybridized carbons (Fsp3) is 0.455. The Morgan fingerprint density at radius 1 is 1.35 bits per heavy atom.